The van der Waals surface area contributed by atoms with Crippen molar-refractivity contribution in [2.75, 3.05) is 6.54 Å². The Labute approximate surface area is 304 Å². The SMILES string of the molecule is C=C[C@@H]1C[C@]1(NC(=O)C1CC2CN1C(=O)C(C(C)C)NC(=O)OC1(C)CC1CCCCc1cccc3c1CN(C3)C(=O)O2)C(=O)NS(=O)(=O)C1CC1. The second-order valence-corrected chi connectivity index (χ2v) is 18.0. The van der Waals surface area contributed by atoms with E-state index in [1.54, 1.807) is 18.7 Å². The average molecular weight is 740 g/mol. The molecule has 7 rings (SSSR count). The number of nitrogens with one attached hydrogen (secondary N) is 3. The fourth-order valence-electron chi connectivity index (χ4n) is 8.20. The molecule has 52 heavy (non-hydrogen) atoms. The molecule has 14 nitrogen and oxygen atoms in total. The van der Waals surface area contributed by atoms with Crippen molar-refractivity contribution in [3.05, 3.63) is 47.5 Å². The van der Waals surface area contributed by atoms with Crippen LogP contribution >= 0.6 is 0 Å². The van der Waals surface area contributed by atoms with Gasteiger partial charge >= 0.3 is 12.2 Å². The van der Waals surface area contributed by atoms with Gasteiger partial charge in [-0.15, -0.1) is 6.58 Å². The Balaban J connectivity index is 1.15. The van der Waals surface area contributed by atoms with Gasteiger partial charge in [-0.2, -0.15) is 0 Å². The minimum Gasteiger partial charge on any atom is -0.444 e. The van der Waals surface area contributed by atoms with Crippen molar-refractivity contribution >= 4 is 39.9 Å². The summed E-state index contributed by atoms with van der Waals surface area (Å²) in [5, 5.41) is 4.85. The van der Waals surface area contributed by atoms with E-state index in [1.165, 1.54) is 16.5 Å². The number of rotatable bonds is 7. The number of hydrogen-bond donors (Lipinski definition) is 3. The van der Waals surface area contributed by atoms with Gasteiger partial charge < -0.3 is 25.0 Å². The van der Waals surface area contributed by atoms with Gasteiger partial charge in [0.15, 0.2) is 0 Å². The van der Waals surface area contributed by atoms with Crippen LogP contribution in [0, 0.1) is 17.8 Å². The molecule has 0 spiro atoms. The molecule has 1 aromatic rings. The monoisotopic (exact) mass is 739 g/mol. The van der Waals surface area contributed by atoms with E-state index in [-0.39, 0.29) is 25.3 Å². The molecule has 3 N–H and O–H groups in total. The Morgan fingerprint density at radius 2 is 1.83 bits per heavy atom. The minimum atomic E-state index is -3.90. The second-order valence-electron chi connectivity index (χ2n) is 16.1. The summed E-state index contributed by atoms with van der Waals surface area (Å²) in [6, 6.07) is 3.84. The highest BCUT2D eigenvalue weighted by Gasteiger charge is 2.62. The van der Waals surface area contributed by atoms with Crippen LogP contribution < -0.4 is 15.4 Å². The molecule has 7 atom stereocenters. The van der Waals surface area contributed by atoms with Crippen LogP contribution in [0.2, 0.25) is 0 Å². The number of amides is 5. The molecule has 0 aromatic heterocycles. The van der Waals surface area contributed by atoms with Crippen molar-refractivity contribution in [3.63, 3.8) is 0 Å². The largest absolute Gasteiger partial charge is 0.444 e. The Morgan fingerprint density at radius 3 is 2.52 bits per heavy atom. The lowest BCUT2D eigenvalue weighted by Crippen LogP contribution is -2.59. The molecule has 15 heteroatoms. The van der Waals surface area contributed by atoms with Crippen LogP contribution in [0.3, 0.4) is 0 Å². The first-order valence-corrected chi connectivity index (χ1v) is 20.0. The van der Waals surface area contributed by atoms with Crippen LogP contribution in [-0.4, -0.2) is 89.2 Å². The van der Waals surface area contributed by atoms with E-state index in [0.29, 0.717) is 25.9 Å². The summed E-state index contributed by atoms with van der Waals surface area (Å²) in [6.07, 6.45) is 4.70. The van der Waals surface area contributed by atoms with E-state index in [9.17, 15) is 32.4 Å². The Hall–Kier alpha value is -4.14. The molecule has 6 aliphatic rings. The van der Waals surface area contributed by atoms with E-state index in [1.807, 2.05) is 19.1 Å². The molecule has 5 amide bonds. The molecule has 0 radical (unpaired) electrons. The van der Waals surface area contributed by atoms with Gasteiger partial charge in [0.2, 0.25) is 21.8 Å². The fraction of sp³-hybridized carbons (Fsp3) is 0.649. The van der Waals surface area contributed by atoms with E-state index in [2.05, 4.69) is 28.0 Å². The zero-order chi connectivity index (χ0) is 37.2. The van der Waals surface area contributed by atoms with Gasteiger partial charge in [0.1, 0.15) is 29.3 Å². The van der Waals surface area contributed by atoms with Gasteiger partial charge in [-0.1, -0.05) is 44.5 Å². The zero-order valence-corrected chi connectivity index (χ0v) is 30.8. The van der Waals surface area contributed by atoms with Crippen molar-refractivity contribution in [2.24, 2.45) is 17.8 Å². The van der Waals surface area contributed by atoms with Crippen molar-refractivity contribution in [1.29, 1.82) is 0 Å². The molecule has 4 fully saturated rings. The molecule has 282 valence electrons. The maximum absolute atomic E-state index is 14.3. The first-order valence-electron chi connectivity index (χ1n) is 18.5. The van der Waals surface area contributed by atoms with Gasteiger partial charge in [-0.25, -0.2) is 18.0 Å². The van der Waals surface area contributed by atoms with Crippen molar-refractivity contribution < 1.29 is 41.9 Å². The third-order valence-corrected chi connectivity index (χ3v) is 13.7. The Morgan fingerprint density at radius 1 is 1.08 bits per heavy atom. The highest BCUT2D eigenvalue weighted by Crippen LogP contribution is 2.50. The van der Waals surface area contributed by atoms with E-state index >= 15 is 0 Å². The van der Waals surface area contributed by atoms with Gasteiger partial charge in [-0.3, -0.25) is 24.0 Å². The number of carbonyl (C=O) groups excluding carboxylic acids is 5. The van der Waals surface area contributed by atoms with Crippen LogP contribution in [-0.2, 0) is 53.4 Å². The molecule has 3 heterocycles. The molecule has 5 unspecified atom stereocenters. The Kier molecular flexibility index (Phi) is 9.31. The Bertz CT molecular complexity index is 1800. The number of hydrogen-bond acceptors (Lipinski definition) is 9. The fourth-order valence-corrected chi connectivity index (χ4v) is 9.56. The number of carbonyl (C=O) groups is 5. The normalized spacial score (nSPS) is 33.3. The molecular formula is C37H49N5O9S. The number of ether oxygens (including phenoxy) is 2. The maximum Gasteiger partial charge on any atom is 0.410 e. The maximum atomic E-state index is 14.3. The van der Waals surface area contributed by atoms with E-state index in [0.717, 1.165) is 43.2 Å². The van der Waals surface area contributed by atoms with E-state index in [4.69, 9.17) is 9.47 Å². The van der Waals surface area contributed by atoms with Crippen LogP contribution in [0.1, 0.15) is 88.8 Å². The number of alkyl carbamates (subject to hydrolysis) is 1. The third-order valence-electron chi connectivity index (χ3n) is 11.8. The van der Waals surface area contributed by atoms with Crippen LogP contribution in [0.5, 0.6) is 0 Å². The van der Waals surface area contributed by atoms with Crippen LogP contribution in [0.25, 0.3) is 0 Å². The number of benzene rings is 1. The van der Waals surface area contributed by atoms with Gasteiger partial charge in [-0.05, 0) is 74.5 Å². The molecule has 4 bridgehead atoms. The highest BCUT2D eigenvalue weighted by atomic mass is 32.2. The topological polar surface area (TPSA) is 181 Å². The summed E-state index contributed by atoms with van der Waals surface area (Å²) in [4.78, 5) is 71.7. The quantitative estimate of drug-likeness (QED) is 0.355. The highest BCUT2D eigenvalue weighted by molar-refractivity contribution is 7.91. The van der Waals surface area contributed by atoms with Gasteiger partial charge in [0, 0.05) is 31.3 Å². The van der Waals surface area contributed by atoms with Gasteiger partial charge in [0.05, 0.1) is 11.8 Å². The second kappa shape index (κ2) is 13.4. The smallest absolute Gasteiger partial charge is 0.410 e. The van der Waals surface area contributed by atoms with Crippen molar-refractivity contribution in [2.45, 2.75) is 126 Å². The molecule has 3 aliphatic carbocycles. The number of fused-ring (bicyclic) bond motifs is 4. The summed E-state index contributed by atoms with van der Waals surface area (Å²) < 4.78 is 39.3. The lowest BCUT2D eigenvalue weighted by molar-refractivity contribution is -0.141. The number of aryl methyl sites for hydroxylation is 1. The summed E-state index contributed by atoms with van der Waals surface area (Å²) in [5.74, 6) is -2.85. The van der Waals surface area contributed by atoms with E-state index < -0.39 is 86.3 Å². The molecular weight excluding hydrogens is 691 g/mol. The first kappa shape index (κ1) is 36.2. The summed E-state index contributed by atoms with van der Waals surface area (Å²) >= 11 is 0. The van der Waals surface area contributed by atoms with Crippen LogP contribution in [0.4, 0.5) is 9.59 Å². The first-order chi connectivity index (χ1) is 24.6. The molecule has 1 aromatic carbocycles. The third kappa shape index (κ3) is 7.00. The number of nitrogens with zero attached hydrogens (tertiary/aromatic N) is 2. The summed E-state index contributed by atoms with van der Waals surface area (Å²) in [5.41, 5.74) is 1.16. The standard InChI is InChI=1S/C37H49N5O9S/c1-5-24-17-37(24,33(45)40-52(48,49)27-13-14-27)39-31(43)29-15-26-19-42(29)32(44)30(21(2)3)38-34(46)51-36(4)16-25(36)12-7-6-9-22-10-8-11-23-18-41(20-28(22)23)35(47)50-26/h5,8,10-11,21,24-27,29-30H,1,6-7,9,12-20H2,2-4H3,(H,38,46)(H,39,43)(H,40,45)/t24-,25?,26?,29?,30?,36?,37-/m1/s1. The zero-order valence-electron chi connectivity index (χ0n) is 30.0. The van der Waals surface area contributed by atoms with Gasteiger partial charge in [0.25, 0.3) is 5.91 Å². The van der Waals surface area contributed by atoms with Crippen molar-refractivity contribution in [3.8, 4) is 0 Å². The molecule has 3 aliphatic heterocycles. The molecule has 3 saturated carbocycles. The average Bonchev–Trinajstić information content (AvgIpc) is 4.04. The molecule has 1 saturated heterocycles. The number of sulfonamides is 1. The summed E-state index contributed by atoms with van der Waals surface area (Å²) in [6.45, 7) is 9.84. The predicted molar refractivity (Wildman–Crippen MR) is 188 cm³/mol. The predicted octanol–water partition coefficient (Wildman–Crippen LogP) is 3.03. The minimum absolute atomic E-state index is 0.0683. The lowest BCUT2D eigenvalue weighted by atomic mass is 9.98. The lowest BCUT2D eigenvalue weighted by Gasteiger charge is -2.31. The summed E-state index contributed by atoms with van der Waals surface area (Å²) in [7, 11) is -3.90. The van der Waals surface area contributed by atoms with Crippen LogP contribution in [0.15, 0.2) is 30.9 Å². The van der Waals surface area contributed by atoms with Crippen molar-refractivity contribution in [1.82, 2.24) is 25.2 Å².